The van der Waals surface area contributed by atoms with Gasteiger partial charge in [0.05, 0.1) is 16.4 Å². The molecule has 2 aromatic rings. The zero-order valence-corrected chi connectivity index (χ0v) is 14.7. The van der Waals surface area contributed by atoms with Gasteiger partial charge in [-0.15, -0.1) is 11.3 Å². The van der Waals surface area contributed by atoms with Crippen molar-refractivity contribution in [2.24, 2.45) is 0 Å². The standard InChI is InChI=1S/C14H15Br2NOS/c1-3-18-10-6-4-9(5-7-10)13(17-2)12-8-11(15)14(16)19-12/h4-8,13,17H,3H2,1-2H3. The van der Waals surface area contributed by atoms with Crippen molar-refractivity contribution in [1.82, 2.24) is 5.32 Å². The van der Waals surface area contributed by atoms with Crippen LogP contribution < -0.4 is 10.1 Å². The molecule has 0 saturated heterocycles. The summed E-state index contributed by atoms with van der Waals surface area (Å²) >= 11 is 8.81. The van der Waals surface area contributed by atoms with Gasteiger partial charge in [-0.1, -0.05) is 12.1 Å². The molecule has 19 heavy (non-hydrogen) atoms. The largest absolute Gasteiger partial charge is 0.494 e. The lowest BCUT2D eigenvalue weighted by atomic mass is 10.1. The van der Waals surface area contributed by atoms with E-state index >= 15 is 0 Å². The van der Waals surface area contributed by atoms with Crippen molar-refractivity contribution in [3.8, 4) is 5.75 Å². The Morgan fingerprint density at radius 2 is 1.95 bits per heavy atom. The van der Waals surface area contributed by atoms with Crippen LogP contribution in [0.15, 0.2) is 38.6 Å². The first kappa shape index (κ1) is 15.0. The van der Waals surface area contributed by atoms with Crippen LogP contribution in [0.25, 0.3) is 0 Å². The number of nitrogens with one attached hydrogen (secondary N) is 1. The van der Waals surface area contributed by atoms with Crippen molar-refractivity contribution in [2.75, 3.05) is 13.7 Å². The minimum atomic E-state index is 0.197. The Morgan fingerprint density at radius 3 is 2.42 bits per heavy atom. The first-order valence-electron chi connectivity index (χ1n) is 6.00. The molecule has 1 unspecified atom stereocenters. The van der Waals surface area contributed by atoms with Crippen LogP contribution in [0.1, 0.15) is 23.4 Å². The van der Waals surface area contributed by atoms with Crippen molar-refractivity contribution in [3.63, 3.8) is 0 Å². The Balaban J connectivity index is 2.26. The summed E-state index contributed by atoms with van der Waals surface area (Å²) in [4.78, 5) is 1.27. The molecule has 1 aromatic heterocycles. The zero-order chi connectivity index (χ0) is 13.8. The predicted molar refractivity (Wildman–Crippen MR) is 88.2 cm³/mol. The molecule has 0 amide bonds. The topological polar surface area (TPSA) is 21.3 Å². The van der Waals surface area contributed by atoms with Gasteiger partial charge >= 0.3 is 0 Å². The van der Waals surface area contributed by atoms with Crippen LogP contribution in [-0.2, 0) is 0 Å². The molecule has 2 nitrogen and oxygen atoms in total. The number of hydrogen-bond donors (Lipinski definition) is 1. The van der Waals surface area contributed by atoms with E-state index in [4.69, 9.17) is 4.74 Å². The second kappa shape index (κ2) is 6.88. The Hall–Kier alpha value is -0.360. The SMILES string of the molecule is CCOc1ccc(C(NC)c2cc(Br)c(Br)s2)cc1. The number of thiophene rings is 1. The van der Waals surface area contributed by atoms with Crippen LogP contribution in [0, 0.1) is 0 Å². The van der Waals surface area contributed by atoms with Crippen molar-refractivity contribution in [2.45, 2.75) is 13.0 Å². The summed E-state index contributed by atoms with van der Waals surface area (Å²) in [6, 6.07) is 10.6. The summed E-state index contributed by atoms with van der Waals surface area (Å²) in [6.07, 6.45) is 0. The van der Waals surface area contributed by atoms with Gasteiger partial charge in [-0.25, -0.2) is 0 Å². The molecule has 1 heterocycles. The average Bonchev–Trinajstić information content (AvgIpc) is 2.73. The van der Waals surface area contributed by atoms with E-state index in [1.807, 2.05) is 26.1 Å². The van der Waals surface area contributed by atoms with Crippen molar-refractivity contribution in [1.29, 1.82) is 0 Å². The minimum absolute atomic E-state index is 0.197. The minimum Gasteiger partial charge on any atom is -0.494 e. The third-order valence-electron chi connectivity index (χ3n) is 2.76. The van der Waals surface area contributed by atoms with Crippen LogP contribution in [0.5, 0.6) is 5.75 Å². The zero-order valence-electron chi connectivity index (χ0n) is 10.7. The first-order valence-corrected chi connectivity index (χ1v) is 8.40. The molecule has 1 N–H and O–H groups in total. The first-order chi connectivity index (χ1) is 9.15. The van der Waals surface area contributed by atoms with Crippen molar-refractivity contribution >= 4 is 43.2 Å². The van der Waals surface area contributed by atoms with E-state index in [2.05, 4.69) is 55.4 Å². The molecule has 0 saturated carbocycles. The number of benzene rings is 1. The molecule has 0 aliphatic rings. The number of halogens is 2. The molecule has 0 bridgehead atoms. The monoisotopic (exact) mass is 403 g/mol. The third kappa shape index (κ3) is 3.60. The lowest BCUT2D eigenvalue weighted by molar-refractivity contribution is 0.340. The van der Waals surface area contributed by atoms with Gasteiger partial charge in [0.1, 0.15) is 5.75 Å². The quantitative estimate of drug-likeness (QED) is 0.758. The molecule has 102 valence electrons. The van der Waals surface area contributed by atoms with Crippen LogP contribution in [0.4, 0.5) is 0 Å². The van der Waals surface area contributed by atoms with Crippen LogP contribution in [0.3, 0.4) is 0 Å². The van der Waals surface area contributed by atoms with E-state index in [-0.39, 0.29) is 6.04 Å². The van der Waals surface area contributed by atoms with Gasteiger partial charge < -0.3 is 10.1 Å². The molecular formula is C14H15Br2NOS. The van der Waals surface area contributed by atoms with Crippen molar-refractivity contribution in [3.05, 3.63) is 49.0 Å². The van der Waals surface area contributed by atoms with E-state index in [9.17, 15) is 0 Å². The second-order valence-corrected chi connectivity index (χ2v) is 7.25. The fraction of sp³-hybridized carbons (Fsp3) is 0.286. The molecule has 2 rings (SSSR count). The van der Waals surface area contributed by atoms with Crippen molar-refractivity contribution < 1.29 is 4.74 Å². The summed E-state index contributed by atoms with van der Waals surface area (Å²) in [7, 11) is 1.97. The van der Waals surface area contributed by atoms with Gasteiger partial charge in [0.2, 0.25) is 0 Å². The van der Waals surface area contributed by atoms with Crippen LogP contribution in [-0.4, -0.2) is 13.7 Å². The highest BCUT2D eigenvalue weighted by molar-refractivity contribution is 9.13. The van der Waals surface area contributed by atoms with Crippen LogP contribution >= 0.6 is 43.2 Å². The summed E-state index contributed by atoms with van der Waals surface area (Å²) in [5, 5.41) is 3.35. The fourth-order valence-corrected chi connectivity index (χ4v) is 4.13. The smallest absolute Gasteiger partial charge is 0.119 e. The molecular weight excluding hydrogens is 390 g/mol. The Bertz CT molecular complexity index is 519. The van der Waals surface area contributed by atoms with E-state index in [0.29, 0.717) is 6.61 Å². The maximum atomic E-state index is 5.47. The summed E-state index contributed by atoms with van der Waals surface area (Å²) in [5.41, 5.74) is 1.23. The molecule has 0 spiro atoms. The molecule has 5 heteroatoms. The number of ether oxygens (including phenoxy) is 1. The molecule has 0 fully saturated rings. The third-order valence-corrected chi connectivity index (χ3v) is 6.08. The van der Waals surface area contributed by atoms with E-state index in [0.717, 1.165) is 14.0 Å². The number of hydrogen-bond acceptors (Lipinski definition) is 3. The second-order valence-electron chi connectivity index (χ2n) is 3.99. The lowest BCUT2D eigenvalue weighted by Crippen LogP contribution is -2.16. The summed E-state index contributed by atoms with van der Waals surface area (Å²) in [5.74, 6) is 0.912. The Kier molecular flexibility index (Phi) is 5.45. The maximum absolute atomic E-state index is 5.47. The van der Waals surface area contributed by atoms with Gasteiger partial charge in [0, 0.05) is 9.35 Å². The highest BCUT2D eigenvalue weighted by Crippen LogP contribution is 2.37. The fourth-order valence-electron chi connectivity index (χ4n) is 1.90. The Labute approximate surface area is 134 Å². The summed E-state index contributed by atoms with van der Waals surface area (Å²) in [6.45, 7) is 2.69. The normalized spacial score (nSPS) is 12.4. The molecule has 0 aliphatic heterocycles. The van der Waals surface area contributed by atoms with E-state index in [1.165, 1.54) is 10.4 Å². The maximum Gasteiger partial charge on any atom is 0.119 e. The average molecular weight is 405 g/mol. The molecule has 0 radical (unpaired) electrons. The summed E-state index contributed by atoms with van der Waals surface area (Å²) < 4.78 is 7.69. The molecule has 1 aromatic carbocycles. The van der Waals surface area contributed by atoms with Gasteiger partial charge in [0.25, 0.3) is 0 Å². The van der Waals surface area contributed by atoms with Gasteiger partial charge in [0.15, 0.2) is 0 Å². The van der Waals surface area contributed by atoms with E-state index < -0.39 is 0 Å². The van der Waals surface area contributed by atoms with Gasteiger partial charge in [-0.05, 0) is 69.6 Å². The molecule has 0 aliphatic carbocycles. The predicted octanol–water partition coefficient (Wildman–Crippen LogP) is 4.98. The Morgan fingerprint density at radius 1 is 1.26 bits per heavy atom. The molecule has 1 atom stereocenters. The highest BCUT2D eigenvalue weighted by atomic mass is 79.9. The van der Waals surface area contributed by atoms with Crippen LogP contribution in [0.2, 0.25) is 0 Å². The lowest BCUT2D eigenvalue weighted by Gasteiger charge is -2.15. The van der Waals surface area contributed by atoms with Gasteiger partial charge in [-0.3, -0.25) is 0 Å². The number of rotatable bonds is 5. The van der Waals surface area contributed by atoms with Gasteiger partial charge in [-0.2, -0.15) is 0 Å². The highest BCUT2D eigenvalue weighted by Gasteiger charge is 2.16. The van der Waals surface area contributed by atoms with E-state index in [1.54, 1.807) is 11.3 Å².